The number of aliphatic hydroxyl groups excluding tert-OH is 1. The molecule has 1 atom stereocenters. The van der Waals surface area contributed by atoms with E-state index in [4.69, 9.17) is 16.3 Å². The second-order valence-corrected chi connectivity index (χ2v) is 8.80. The number of hydrogen-bond donors (Lipinski definition) is 1. The summed E-state index contributed by atoms with van der Waals surface area (Å²) in [7, 11) is -3.56. The third-order valence-corrected chi connectivity index (χ3v) is 5.30. The minimum atomic E-state index is -3.56. The number of aliphatic hydroxyl groups is 1. The molecule has 2 aromatic rings. The van der Waals surface area contributed by atoms with Gasteiger partial charge in [-0.25, -0.2) is 8.42 Å². The van der Waals surface area contributed by atoms with E-state index in [1.165, 1.54) is 4.31 Å². The van der Waals surface area contributed by atoms with Crippen molar-refractivity contribution < 1.29 is 18.3 Å². The lowest BCUT2D eigenvalue weighted by Gasteiger charge is -2.28. The molecular weight excluding hydrogens is 374 g/mol. The quantitative estimate of drug-likeness (QED) is 0.776. The van der Waals surface area contributed by atoms with Crippen LogP contribution in [0.1, 0.15) is 16.7 Å². The van der Waals surface area contributed by atoms with Crippen molar-refractivity contribution >= 4 is 27.3 Å². The first-order chi connectivity index (χ1) is 12.1. The number of ether oxygens (including phenoxy) is 1. The van der Waals surface area contributed by atoms with Crippen LogP contribution in [0, 0.1) is 20.8 Å². The Morgan fingerprint density at radius 2 is 1.65 bits per heavy atom. The first kappa shape index (κ1) is 20.6. The first-order valence-electron chi connectivity index (χ1n) is 8.20. The standard InChI is InChI=1S/C19H24ClNO4S/c1-13-9-14(2)19(15(3)10-13)21(26(4,23)24)11-17(22)12-25-18-7-5-16(20)6-8-18/h5-10,17,22H,11-12H2,1-4H3. The van der Waals surface area contributed by atoms with Gasteiger partial charge in [0.1, 0.15) is 18.5 Å². The number of hydrogen-bond acceptors (Lipinski definition) is 4. The number of sulfonamides is 1. The van der Waals surface area contributed by atoms with Crippen molar-refractivity contribution in [1.29, 1.82) is 0 Å². The smallest absolute Gasteiger partial charge is 0.232 e. The van der Waals surface area contributed by atoms with E-state index in [1.54, 1.807) is 24.3 Å². The zero-order chi connectivity index (χ0) is 19.5. The highest BCUT2D eigenvalue weighted by atomic mass is 35.5. The summed E-state index contributed by atoms with van der Waals surface area (Å²) < 4.78 is 31.4. The Bertz CT molecular complexity index is 843. The average Bonchev–Trinajstić information content (AvgIpc) is 2.51. The number of aryl methyl sites for hydroxylation is 3. The van der Waals surface area contributed by atoms with Gasteiger partial charge in [0, 0.05) is 5.02 Å². The third-order valence-electron chi connectivity index (χ3n) is 3.92. The van der Waals surface area contributed by atoms with Gasteiger partial charge in [0.2, 0.25) is 10.0 Å². The van der Waals surface area contributed by atoms with Gasteiger partial charge in [-0.1, -0.05) is 29.3 Å². The lowest BCUT2D eigenvalue weighted by Crippen LogP contribution is -2.40. The Labute approximate surface area is 160 Å². The van der Waals surface area contributed by atoms with Gasteiger partial charge < -0.3 is 9.84 Å². The fourth-order valence-electron chi connectivity index (χ4n) is 2.93. The highest BCUT2D eigenvalue weighted by molar-refractivity contribution is 7.92. The molecule has 0 spiro atoms. The molecule has 2 rings (SSSR count). The van der Waals surface area contributed by atoms with Gasteiger partial charge in [0.25, 0.3) is 0 Å². The van der Waals surface area contributed by atoms with Gasteiger partial charge >= 0.3 is 0 Å². The Hall–Kier alpha value is -1.76. The zero-order valence-corrected chi connectivity index (χ0v) is 16.9. The Morgan fingerprint density at radius 1 is 1.12 bits per heavy atom. The maximum atomic E-state index is 12.3. The molecule has 0 heterocycles. The molecular formula is C19H24ClNO4S. The number of benzene rings is 2. The van der Waals surface area contributed by atoms with Crippen molar-refractivity contribution in [3.8, 4) is 5.75 Å². The second-order valence-electron chi connectivity index (χ2n) is 6.46. The summed E-state index contributed by atoms with van der Waals surface area (Å²) >= 11 is 5.82. The minimum absolute atomic E-state index is 0.0301. The molecule has 0 saturated carbocycles. The highest BCUT2D eigenvalue weighted by Gasteiger charge is 2.24. The van der Waals surface area contributed by atoms with Crippen LogP contribution in [0.4, 0.5) is 5.69 Å². The van der Waals surface area contributed by atoms with Crippen LogP contribution in [0.25, 0.3) is 0 Å². The molecule has 0 radical (unpaired) electrons. The molecule has 0 aliphatic carbocycles. The Morgan fingerprint density at radius 3 is 2.15 bits per heavy atom. The predicted molar refractivity (Wildman–Crippen MR) is 106 cm³/mol. The molecule has 1 N–H and O–H groups in total. The summed E-state index contributed by atoms with van der Waals surface area (Å²) in [5.74, 6) is 0.557. The van der Waals surface area contributed by atoms with Crippen molar-refractivity contribution in [2.24, 2.45) is 0 Å². The molecule has 0 aliphatic heterocycles. The maximum absolute atomic E-state index is 12.3. The zero-order valence-electron chi connectivity index (χ0n) is 15.4. The number of anilines is 1. The SMILES string of the molecule is Cc1cc(C)c(N(CC(O)COc2ccc(Cl)cc2)S(C)(=O)=O)c(C)c1. The lowest BCUT2D eigenvalue weighted by atomic mass is 10.0. The van der Waals surface area contributed by atoms with Gasteiger partial charge in [-0.3, -0.25) is 4.31 Å². The van der Waals surface area contributed by atoms with Gasteiger partial charge in [0.15, 0.2) is 0 Å². The highest BCUT2D eigenvalue weighted by Crippen LogP contribution is 2.28. The maximum Gasteiger partial charge on any atom is 0.232 e. The van der Waals surface area contributed by atoms with Crippen molar-refractivity contribution in [2.75, 3.05) is 23.7 Å². The predicted octanol–water partition coefficient (Wildman–Crippen LogP) is 3.47. The number of halogens is 1. The normalized spacial score (nSPS) is 12.7. The summed E-state index contributed by atoms with van der Waals surface area (Å²) in [6.07, 6.45) is 0.152. The molecule has 1 unspecified atom stereocenters. The van der Waals surface area contributed by atoms with E-state index >= 15 is 0 Å². The number of rotatable bonds is 7. The van der Waals surface area contributed by atoms with E-state index in [9.17, 15) is 13.5 Å². The van der Waals surface area contributed by atoms with Crippen LogP contribution < -0.4 is 9.04 Å². The molecule has 0 aromatic heterocycles. The van der Waals surface area contributed by atoms with Crippen molar-refractivity contribution in [3.63, 3.8) is 0 Å². The average molecular weight is 398 g/mol. The molecule has 0 amide bonds. The summed E-state index contributed by atoms with van der Waals surface area (Å²) in [4.78, 5) is 0. The fraction of sp³-hybridized carbons (Fsp3) is 0.368. The molecule has 7 heteroatoms. The third kappa shape index (κ3) is 5.37. The van der Waals surface area contributed by atoms with E-state index in [2.05, 4.69) is 0 Å². The molecule has 142 valence electrons. The van der Waals surface area contributed by atoms with E-state index < -0.39 is 16.1 Å². The van der Waals surface area contributed by atoms with E-state index in [1.807, 2.05) is 32.9 Å². The van der Waals surface area contributed by atoms with Crippen LogP contribution >= 0.6 is 11.6 Å². The number of nitrogens with zero attached hydrogens (tertiary/aromatic N) is 1. The summed E-state index contributed by atoms with van der Waals surface area (Å²) in [6.45, 7) is 5.58. The molecule has 0 fully saturated rings. The van der Waals surface area contributed by atoms with Crippen molar-refractivity contribution in [1.82, 2.24) is 0 Å². The topological polar surface area (TPSA) is 66.8 Å². The van der Waals surface area contributed by atoms with Crippen LogP contribution in [-0.2, 0) is 10.0 Å². The molecule has 0 aliphatic rings. The largest absolute Gasteiger partial charge is 0.491 e. The van der Waals surface area contributed by atoms with E-state index in [-0.39, 0.29) is 13.2 Å². The molecule has 0 bridgehead atoms. The summed E-state index contributed by atoms with van der Waals surface area (Å²) in [6, 6.07) is 10.6. The second kappa shape index (κ2) is 8.29. The summed E-state index contributed by atoms with van der Waals surface area (Å²) in [5, 5.41) is 10.9. The van der Waals surface area contributed by atoms with Gasteiger partial charge in [0.05, 0.1) is 18.5 Å². The van der Waals surface area contributed by atoms with Gasteiger partial charge in [-0.15, -0.1) is 0 Å². The first-order valence-corrected chi connectivity index (χ1v) is 10.4. The van der Waals surface area contributed by atoms with Crippen molar-refractivity contribution in [2.45, 2.75) is 26.9 Å². The molecule has 26 heavy (non-hydrogen) atoms. The van der Waals surface area contributed by atoms with Crippen LogP contribution in [0.5, 0.6) is 5.75 Å². The van der Waals surface area contributed by atoms with Gasteiger partial charge in [-0.2, -0.15) is 0 Å². The molecule has 0 saturated heterocycles. The van der Waals surface area contributed by atoms with Gasteiger partial charge in [-0.05, 0) is 56.2 Å². The lowest BCUT2D eigenvalue weighted by molar-refractivity contribution is 0.115. The van der Waals surface area contributed by atoms with Crippen LogP contribution in [-0.4, -0.2) is 39.0 Å². The fourth-order valence-corrected chi connectivity index (χ4v) is 4.11. The Kier molecular flexibility index (Phi) is 6.55. The van der Waals surface area contributed by atoms with Crippen molar-refractivity contribution in [3.05, 3.63) is 58.1 Å². The van der Waals surface area contributed by atoms with E-state index in [0.717, 1.165) is 22.9 Å². The van der Waals surface area contributed by atoms with Crippen LogP contribution in [0.15, 0.2) is 36.4 Å². The molecule has 5 nitrogen and oxygen atoms in total. The molecule has 2 aromatic carbocycles. The Balaban J connectivity index is 2.17. The monoisotopic (exact) mass is 397 g/mol. The minimum Gasteiger partial charge on any atom is -0.491 e. The van der Waals surface area contributed by atoms with Crippen LogP contribution in [0.3, 0.4) is 0 Å². The van der Waals surface area contributed by atoms with E-state index in [0.29, 0.717) is 16.5 Å². The summed E-state index contributed by atoms with van der Waals surface area (Å²) in [5.41, 5.74) is 3.35. The van der Waals surface area contributed by atoms with Crippen LogP contribution in [0.2, 0.25) is 5.02 Å².